The van der Waals surface area contributed by atoms with Crippen molar-refractivity contribution in [1.29, 1.82) is 0 Å². The molecule has 0 radical (unpaired) electrons. The first-order valence-electron chi connectivity index (χ1n) is 4.41. The van der Waals surface area contributed by atoms with Crippen LogP contribution in [0.25, 0.3) is 6.08 Å². The summed E-state index contributed by atoms with van der Waals surface area (Å²) in [6.07, 6.45) is 2.20. The third-order valence-corrected chi connectivity index (χ3v) is 3.51. The number of Topliss-reactive ketones (excluding diaryl/α,β-unsaturated/α-hetero) is 1. The van der Waals surface area contributed by atoms with Gasteiger partial charge in [0.05, 0.1) is 16.6 Å². The SMILES string of the molecule is O=C1C/C(=C/c2ccccc2)S(=O)C1. The molecule has 1 saturated heterocycles. The van der Waals surface area contributed by atoms with Gasteiger partial charge in [-0.1, -0.05) is 30.3 Å². The molecule has 2 rings (SSSR count). The summed E-state index contributed by atoms with van der Waals surface area (Å²) in [4.78, 5) is 11.8. The minimum Gasteiger partial charge on any atom is -0.298 e. The highest BCUT2D eigenvalue weighted by molar-refractivity contribution is 7.90. The van der Waals surface area contributed by atoms with Crippen LogP contribution in [-0.2, 0) is 15.6 Å². The Kier molecular flexibility index (Phi) is 2.59. The number of allylic oxidation sites excluding steroid dienone is 1. The van der Waals surface area contributed by atoms with Crippen LogP contribution in [0.1, 0.15) is 12.0 Å². The molecular formula is C11H10O2S. The lowest BCUT2D eigenvalue weighted by molar-refractivity contribution is -0.115. The van der Waals surface area contributed by atoms with Crippen molar-refractivity contribution >= 4 is 22.7 Å². The molecule has 1 atom stereocenters. The van der Waals surface area contributed by atoms with Crippen LogP contribution in [0, 0.1) is 0 Å². The van der Waals surface area contributed by atoms with Crippen molar-refractivity contribution in [2.24, 2.45) is 0 Å². The van der Waals surface area contributed by atoms with Crippen molar-refractivity contribution in [1.82, 2.24) is 0 Å². The summed E-state index contributed by atoms with van der Waals surface area (Å²) in [5.41, 5.74) is 1.01. The van der Waals surface area contributed by atoms with E-state index in [0.29, 0.717) is 6.42 Å². The molecule has 1 fully saturated rings. The van der Waals surface area contributed by atoms with E-state index in [0.717, 1.165) is 10.5 Å². The maximum Gasteiger partial charge on any atom is 0.150 e. The minimum atomic E-state index is -1.08. The Morgan fingerprint density at radius 3 is 2.50 bits per heavy atom. The summed E-state index contributed by atoms with van der Waals surface area (Å²) >= 11 is 0. The molecule has 1 aromatic rings. The van der Waals surface area contributed by atoms with Gasteiger partial charge in [-0.3, -0.25) is 9.00 Å². The molecule has 1 unspecified atom stereocenters. The van der Waals surface area contributed by atoms with Crippen LogP contribution in [-0.4, -0.2) is 15.7 Å². The molecule has 1 aliphatic rings. The predicted molar refractivity (Wildman–Crippen MR) is 57.1 cm³/mol. The number of carbonyl (C=O) groups excluding carboxylic acids is 1. The summed E-state index contributed by atoms with van der Waals surface area (Å²) in [5, 5.41) is 0. The number of carbonyl (C=O) groups is 1. The van der Waals surface area contributed by atoms with Crippen molar-refractivity contribution in [3.63, 3.8) is 0 Å². The number of rotatable bonds is 1. The zero-order valence-corrected chi connectivity index (χ0v) is 8.42. The second kappa shape index (κ2) is 3.88. The molecule has 3 heteroatoms. The number of hydrogen-bond acceptors (Lipinski definition) is 2. The monoisotopic (exact) mass is 206 g/mol. The lowest BCUT2D eigenvalue weighted by atomic mass is 10.2. The van der Waals surface area contributed by atoms with E-state index in [2.05, 4.69) is 0 Å². The van der Waals surface area contributed by atoms with Crippen LogP contribution in [0.15, 0.2) is 35.2 Å². The van der Waals surface area contributed by atoms with Gasteiger partial charge in [-0.05, 0) is 11.6 Å². The maximum absolute atomic E-state index is 11.4. The van der Waals surface area contributed by atoms with E-state index in [-0.39, 0.29) is 11.5 Å². The highest BCUT2D eigenvalue weighted by Gasteiger charge is 2.22. The molecule has 1 aliphatic heterocycles. The lowest BCUT2D eigenvalue weighted by Gasteiger charge is -1.94. The van der Waals surface area contributed by atoms with Crippen molar-refractivity contribution < 1.29 is 9.00 Å². The topological polar surface area (TPSA) is 34.1 Å². The molecule has 0 bridgehead atoms. The molecule has 0 spiro atoms. The highest BCUT2D eigenvalue weighted by atomic mass is 32.2. The van der Waals surface area contributed by atoms with Crippen molar-refractivity contribution in [3.05, 3.63) is 40.8 Å². The molecule has 72 valence electrons. The fourth-order valence-corrected chi connectivity index (χ4v) is 2.59. The number of benzene rings is 1. The van der Waals surface area contributed by atoms with Gasteiger partial charge in [-0.2, -0.15) is 0 Å². The van der Waals surface area contributed by atoms with Crippen LogP contribution in [0.4, 0.5) is 0 Å². The Bertz CT molecular complexity index is 407. The third kappa shape index (κ3) is 1.99. The molecule has 14 heavy (non-hydrogen) atoms. The van der Waals surface area contributed by atoms with Gasteiger partial charge in [-0.15, -0.1) is 0 Å². The molecule has 0 amide bonds. The average Bonchev–Trinajstić information content (AvgIpc) is 2.47. The van der Waals surface area contributed by atoms with Crippen molar-refractivity contribution in [2.45, 2.75) is 6.42 Å². The minimum absolute atomic E-state index is 0.0746. The Balaban J connectivity index is 2.28. The molecular weight excluding hydrogens is 196 g/mol. The lowest BCUT2D eigenvalue weighted by Crippen LogP contribution is -1.94. The Labute approximate surface area is 85.1 Å². The van der Waals surface area contributed by atoms with Crippen LogP contribution in [0.2, 0.25) is 0 Å². The van der Waals surface area contributed by atoms with Crippen LogP contribution < -0.4 is 0 Å². The number of ketones is 1. The molecule has 0 aromatic heterocycles. The van der Waals surface area contributed by atoms with Crippen LogP contribution >= 0.6 is 0 Å². The summed E-state index contributed by atoms with van der Waals surface area (Å²) < 4.78 is 11.4. The van der Waals surface area contributed by atoms with Gasteiger partial charge in [0, 0.05) is 11.3 Å². The summed E-state index contributed by atoms with van der Waals surface area (Å²) in [5.74, 6) is 0.268. The second-order valence-corrected chi connectivity index (χ2v) is 4.73. The molecule has 2 nitrogen and oxygen atoms in total. The Hall–Kier alpha value is -1.22. The Morgan fingerprint density at radius 1 is 1.21 bits per heavy atom. The fourth-order valence-electron chi connectivity index (χ4n) is 1.42. The molecule has 0 N–H and O–H groups in total. The van der Waals surface area contributed by atoms with Crippen molar-refractivity contribution in [2.75, 3.05) is 5.75 Å². The third-order valence-electron chi connectivity index (χ3n) is 2.08. The van der Waals surface area contributed by atoms with E-state index in [1.165, 1.54) is 0 Å². The first kappa shape index (κ1) is 9.34. The first-order chi connectivity index (χ1) is 6.75. The van der Waals surface area contributed by atoms with Gasteiger partial charge in [0.25, 0.3) is 0 Å². The standard InChI is InChI=1S/C11H10O2S/c12-10-7-11(14(13)8-10)6-9-4-2-1-3-5-9/h1-6H,7-8H2/b11-6-. The van der Waals surface area contributed by atoms with Crippen molar-refractivity contribution in [3.8, 4) is 0 Å². The van der Waals surface area contributed by atoms with E-state index in [4.69, 9.17) is 0 Å². The van der Waals surface area contributed by atoms with E-state index in [1.807, 2.05) is 36.4 Å². The van der Waals surface area contributed by atoms with Crippen LogP contribution in [0.5, 0.6) is 0 Å². The van der Waals surface area contributed by atoms with Gasteiger partial charge in [-0.25, -0.2) is 0 Å². The van der Waals surface area contributed by atoms with Gasteiger partial charge >= 0.3 is 0 Å². The quantitative estimate of drug-likeness (QED) is 0.701. The summed E-state index contributed by atoms with van der Waals surface area (Å²) in [6, 6.07) is 9.65. The Morgan fingerprint density at radius 2 is 1.93 bits per heavy atom. The van der Waals surface area contributed by atoms with E-state index < -0.39 is 10.8 Å². The smallest absolute Gasteiger partial charge is 0.150 e. The van der Waals surface area contributed by atoms with E-state index in [1.54, 1.807) is 0 Å². The average molecular weight is 206 g/mol. The molecule has 0 aliphatic carbocycles. The van der Waals surface area contributed by atoms with Crippen LogP contribution in [0.3, 0.4) is 0 Å². The zero-order valence-electron chi connectivity index (χ0n) is 7.60. The first-order valence-corrected chi connectivity index (χ1v) is 5.73. The second-order valence-electron chi connectivity index (χ2n) is 3.23. The number of hydrogen-bond donors (Lipinski definition) is 0. The predicted octanol–water partition coefficient (Wildman–Crippen LogP) is 1.75. The normalized spacial score (nSPS) is 24.4. The molecule has 0 saturated carbocycles. The summed E-state index contributed by atoms with van der Waals surface area (Å²) in [7, 11) is -1.08. The molecule has 1 heterocycles. The maximum atomic E-state index is 11.4. The highest BCUT2D eigenvalue weighted by Crippen LogP contribution is 2.20. The van der Waals surface area contributed by atoms with E-state index in [9.17, 15) is 9.00 Å². The fraction of sp³-hybridized carbons (Fsp3) is 0.182. The largest absolute Gasteiger partial charge is 0.298 e. The zero-order chi connectivity index (χ0) is 9.97. The van der Waals surface area contributed by atoms with E-state index >= 15 is 0 Å². The summed E-state index contributed by atoms with van der Waals surface area (Å²) in [6.45, 7) is 0. The van der Waals surface area contributed by atoms with Gasteiger partial charge in [0.1, 0.15) is 0 Å². The van der Waals surface area contributed by atoms with Gasteiger partial charge in [0.2, 0.25) is 0 Å². The molecule has 1 aromatic carbocycles. The van der Waals surface area contributed by atoms with Gasteiger partial charge < -0.3 is 0 Å². The van der Waals surface area contributed by atoms with Gasteiger partial charge in [0.15, 0.2) is 5.78 Å².